The molecule has 1 saturated heterocycles. The van der Waals surface area contributed by atoms with Crippen molar-refractivity contribution in [2.75, 3.05) is 7.05 Å². The lowest BCUT2D eigenvalue weighted by atomic mass is 10.1. The van der Waals surface area contributed by atoms with Gasteiger partial charge in [0.05, 0.1) is 0 Å². The molecular formula is C18H31N3O5. The van der Waals surface area contributed by atoms with Crippen molar-refractivity contribution >= 4 is 29.4 Å². The lowest BCUT2D eigenvalue weighted by Gasteiger charge is -2.03. The minimum atomic E-state index is -0.846. The maximum atomic E-state index is 10.8. The van der Waals surface area contributed by atoms with Crippen LogP contribution in [0.1, 0.15) is 60.8 Å². The van der Waals surface area contributed by atoms with Gasteiger partial charge in [0.25, 0.3) is 0 Å². The zero-order valence-electron chi connectivity index (χ0n) is 16.8. The fourth-order valence-electron chi connectivity index (χ4n) is 1.81. The standard InChI is InChI=1S/C7H12O2.C6H9NO2.C5H10N2O/c1-3-4-6(2)5-7(8)9;1-4-3-5(8)7(2)6(4)9;1-4(2)6-7-5(3)8/h5H,3-4H2,1-2H3,(H,8,9);4H,3H2,1-2H3;1-3H3,(H,7,8). The average Bonchev–Trinajstić information content (AvgIpc) is 2.72. The number of carbonyl (C=O) groups is 4. The van der Waals surface area contributed by atoms with E-state index < -0.39 is 5.97 Å². The molecule has 1 heterocycles. The quantitative estimate of drug-likeness (QED) is 0.341. The van der Waals surface area contributed by atoms with E-state index in [4.69, 9.17) is 5.11 Å². The molecule has 1 aliphatic heterocycles. The molecule has 148 valence electrons. The number of nitrogens with one attached hydrogen (secondary N) is 1. The minimum absolute atomic E-state index is 0.0556. The van der Waals surface area contributed by atoms with Gasteiger partial charge in [-0.05, 0) is 27.2 Å². The second kappa shape index (κ2) is 13.7. The number of imide groups is 1. The van der Waals surface area contributed by atoms with Crippen LogP contribution < -0.4 is 5.43 Å². The summed E-state index contributed by atoms with van der Waals surface area (Å²) in [4.78, 5) is 42.8. The number of aliphatic carboxylic acids is 1. The highest BCUT2D eigenvalue weighted by molar-refractivity contribution is 6.02. The number of hydrogen-bond donors (Lipinski definition) is 2. The molecule has 1 fully saturated rings. The zero-order valence-corrected chi connectivity index (χ0v) is 16.8. The summed E-state index contributed by atoms with van der Waals surface area (Å²) in [6.07, 6.45) is 3.53. The van der Waals surface area contributed by atoms with E-state index in [1.54, 1.807) is 6.92 Å². The molecule has 1 unspecified atom stereocenters. The van der Waals surface area contributed by atoms with E-state index in [0.29, 0.717) is 6.42 Å². The van der Waals surface area contributed by atoms with Crippen LogP contribution in [0.25, 0.3) is 0 Å². The largest absolute Gasteiger partial charge is 0.478 e. The van der Waals surface area contributed by atoms with Gasteiger partial charge in [0.2, 0.25) is 17.7 Å². The monoisotopic (exact) mass is 369 g/mol. The second-order valence-corrected chi connectivity index (χ2v) is 6.20. The van der Waals surface area contributed by atoms with Gasteiger partial charge in [-0.15, -0.1) is 0 Å². The minimum Gasteiger partial charge on any atom is -0.478 e. The summed E-state index contributed by atoms with van der Waals surface area (Å²) < 4.78 is 0. The summed E-state index contributed by atoms with van der Waals surface area (Å²) in [6, 6.07) is 0. The van der Waals surface area contributed by atoms with Crippen molar-refractivity contribution in [1.82, 2.24) is 10.3 Å². The molecule has 0 aromatic carbocycles. The highest BCUT2D eigenvalue weighted by Gasteiger charge is 2.32. The molecule has 0 bridgehead atoms. The first-order chi connectivity index (χ1) is 11.9. The number of nitrogens with zero attached hydrogens (tertiary/aromatic N) is 2. The lowest BCUT2D eigenvalue weighted by molar-refractivity contribution is -0.137. The van der Waals surface area contributed by atoms with Crippen LogP contribution in [0.2, 0.25) is 0 Å². The molecule has 0 aromatic rings. The van der Waals surface area contributed by atoms with Gasteiger partial charge in [0.15, 0.2) is 0 Å². The second-order valence-electron chi connectivity index (χ2n) is 6.20. The molecule has 8 nitrogen and oxygen atoms in total. The summed E-state index contributed by atoms with van der Waals surface area (Å²) in [7, 11) is 1.52. The maximum Gasteiger partial charge on any atom is 0.328 e. The van der Waals surface area contributed by atoms with E-state index in [-0.39, 0.29) is 23.6 Å². The number of hydrazone groups is 1. The third kappa shape index (κ3) is 13.9. The van der Waals surface area contributed by atoms with Crippen LogP contribution in [0.5, 0.6) is 0 Å². The number of carbonyl (C=O) groups excluding carboxylic acids is 3. The first kappa shape index (κ1) is 25.7. The Balaban J connectivity index is 0. The highest BCUT2D eigenvalue weighted by atomic mass is 16.4. The first-order valence-corrected chi connectivity index (χ1v) is 8.40. The van der Waals surface area contributed by atoms with E-state index in [0.717, 1.165) is 24.1 Å². The van der Waals surface area contributed by atoms with Crippen LogP contribution in [-0.2, 0) is 19.2 Å². The average molecular weight is 369 g/mol. The van der Waals surface area contributed by atoms with Crippen LogP contribution in [0.15, 0.2) is 16.8 Å². The van der Waals surface area contributed by atoms with Gasteiger partial charge in [-0.1, -0.05) is 25.8 Å². The summed E-state index contributed by atoms with van der Waals surface area (Å²) in [5, 5.41) is 11.9. The SMILES string of the molecule is CC(=O)NN=C(C)C.CC1CC(=O)N(C)C1=O.CCCC(C)=CC(=O)O. The highest BCUT2D eigenvalue weighted by Crippen LogP contribution is 2.15. The number of carboxylic acids is 1. The van der Waals surface area contributed by atoms with E-state index in [1.165, 1.54) is 24.9 Å². The van der Waals surface area contributed by atoms with E-state index in [1.807, 2.05) is 27.7 Å². The van der Waals surface area contributed by atoms with Gasteiger partial charge in [-0.25, -0.2) is 10.2 Å². The van der Waals surface area contributed by atoms with E-state index in [2.05, 4.69) is 10.5 Å². The molecule has 0 aromatic heterocycles. The van der Waals surface area contributed by atoms with Gasteiger partial charge in [-0.2, -0.15) is 5.10 Å². The zero-order chi connectivity index (χ0) is 20.9. The van der Waals surface area contributed by atoms with Crippen LogP contribution in [0.4, 0.5) is 0 Å². The fourth-order valence-corrected chi connectivity index (χ4v) is 1.81. The fraction of sp³-hybridized carbons (Fsp3) is 0.611. The van der Waals surface area contributed by atoms with E-state index in [9.17, 15) is 19.2 Å². The molecule has 3 amide bonds. The molecule has 2 N–H and O–H groups in total. The van der Waals surface area contributed by atoms with Crippen molar-refractivity contribution in [2.24, 2.45) is 11.0 Å². The van der Waals surface area contributed by atoms with Crippen LogP contribution in [0, 0.1) is 5.92 Å². The van der Waals surface area contributed by atoms with Gasteiger partial charge in [-0.3, -0.25) is 19.3 Å². The van der Waals surface area contributed by atoms with Crippen molar-refractivity contribution in [3.05, 3.63) is 11.6 Å². The van der Waals surface area contributed by atoms with Crippen molar-refractivity contribution < 1.29 is 24.3 Å². The van der Waals surface area contributed by atoms with Crippen LogP contribution >= 0.6 is 0 Å². The molecule has 8 heteroatoms. The summed E-state index contributed by atoms with van der Waals surface area (Å²) in [5.74, 6) is -1.19. The third-order valence-electron chi connectivity index (χ3n) is 3.06. The predicted octanol–water partition coefficient (Wildman–Crippen LogP) is 2.35. The van der Waals surface area contributed by atoms with Crippen molar-refractivity contribution in [3.8, 4) is 0 Å². The summed E-state index contributed by atoms with van der Waals surface area (Å²) >= 11 is 0. The number of hydrogen-bond acceptors (Lipinski definition) is 5. The molecule has 1 aliphatic rings. The van der Waals surface area contributed by atoms with Crippen molar-refractivity contribution in [1.29, 1.82) is 0 Å². The van der Waals surface area contributed by atoms with Gasteiger partial charge in [0, 0.05) is 38.1 Å². The Bertz CT molecular complexity index is 563. The number of allylic oxidation sites excluding steroid dienone is 1. The van der Waals surface area contributed by atoms with Crippen molar-refractivity contribution in [3.63, 3.8) is 0 Å². The molecule has 26 heavy (non-hydrogen) atoms. The van der Waals surface area contributed by atoms with Crippen LogP contribution in [-0.4, -0.2) is 46.5 Å². The van der Waals surface area contributed by atoms with Crippen molar-refractivity contribution in [2.45, 2.75) is 60.8 Å². The Morgan fingerprint density at radius 2 is 1.81 bits per heavy atom. The smallest absolute Gasteiger partial charge is 0.328 e. The Morgan fingerprint density at radius 1 is 1.27 bits per heavy atom. The topological polar surface area (TPSA) is 116 Å². The molecular weight excluding hydrogens is 338 g/mol. The first-order valence-electron chi connectivity index (χ1n) is 8.40. The van der Waals surface area contributed by atoms with Gasteiger partial charge >= 0.3 is 5.97 Å². The molecule has 0 spiro atoms. The predicted molar refractivity (Wildman–Crippen MR) is 100 cm³/mol. The molecule has 1 atom stereocenters. The Labute approximate surface area is 155 Å². The maximum absolute atomic E-state index is 10.8. The molecule has 0 aliphatic carbocycles. The molecule has 0 saturated carbocycles. The van der Waals surface area contributed by atoms with Gasteiger partial charge < -0.3 is 5.11 Å². The molecule has 1 rings (SSSR count). The Hall–Kier alpha value is -2.51. The molecule has 0 radical (unpaired) electrons. The third-order valence-corrected chi connectivity index (χ3v) is 3.06. The summed E-state index contributed by atoms with van der Waals surface area (Å²) in [5.41, 5.74) is 4.08. The Morgan fingerprint density at radius 3 is 2.00 bits per heavy atom. The Kier molecular flexibility index (Phi) is 13.6. The number of carboxylic acid groups (broad SMARTS) is 1. The van der Waals surface area contributed by atoms with E-state index >= 15 is 0 Å². The summed E-state index contributed by atoms with van der Waals surface area (Å²) in [6.45, 7) is 10.7. The normalized spacial score (nSPS) is 16.0. The number of likely N-dealkylation sites (tertiary alicyclic amines) is 1. The number of rotatable bonds is 4. The van der Waals surface area contributed by atoms with Gasteiger partial charge in [0.1, 0.15) is 0 Å². The lowest BCUT2D eigenvalue weighted by Crippen LogP contribution is -2.24. The number of amides is 3. The van der Waals surface area contributed by atoms with Crippen LogP contribution in [0.3, 0.4) is 0 Å².